The maximum Gasteiger partial charge on any atom is 0.306 e. The Kier molecular flexibility index (Phi) is 50.7. The number of amides is 1. The van der Waals surface area contributed by atoms with Gasteiger partial charge in [0.25, 0.3) is 7.82 Å². The molecule has 3 unspecified atom stereocenters. The van der Waals surface area contributed by atoms with E-state index in [2.05, 4.69) is 117 Å². The first-order valence-corrected chi connectivity index (χ1v) is 31.2. The number of hydrogen-bond acceptors (Lipinski definition) is 7. The van der Waals surface area contributed by atoms with Gasteiger partial charge in [-0.1, -0.05) is 227 Å². The number of phosphoric acid groups is 1. The maximum atomic E-state index is 13.5. The number of quaternary nitrogens is 1. The van der Waals surface area contributed by atoms with E-state index < -0.39 is 32.5 Å². The highest BCUT2D eigenvalue weighted by atomic mass is 31.2. The van der Waals surface area contributed by atoms with Gasteiger partial charge in [-0.05, 0) is 102 Å². The van der Waals surface area contributed by atoms with Crippen LogP contribution in [0.15, 0.2) is 109 Å². The number of phosphoric ester groups is 1. The molecule has 0 aliphatic heterocycles. The van der Waals surface area contributed by atoms with Gasteiger partial charge in [0.2, 0.25) is 5.91 Å². The van der Waals surface area contributed by atoms with Crippen molar-refractivity contribution in [3.8, 4) is 0 Å². The quantitative estimate of drug-likeness (QED) is 0.0212. The molecule has 0 aromatic heterocycles. The van der Waals surface area contributed by atoms with E-state index in [0.717, 1.165) is 96.3 Å². The number of rotatable bonds is 52. The predicted octanol–water partition coefficient (Wildman–Crippen LogP) is 17.5. The van der Waals surface area contributed by atoms with Crippen LogP contribution in [0.2, 0.25) is 0 Å². The van der Waals surface area contributed by atoms with Crippen molar-refractivity contribution in [1.82, 2.24) is 5.32 Å². The number of unbranched alkanes of at least 4 members (excludes halogenated alkanes) is 20. The number of hydrogen-bond donors (Lipinski definition) is 1. The van der Waals surface area contributed by atoms with Crippen molar-refractivity contribution in [3.05, 3.63) is 109 Å². The molecule has 0 fully saturated rings. The zero-order valence-electron chi connectivity index (χ0n) is 48.3. The van der Waals surface area contributed by atoms with Crippen LogP contribution in [0.25, 0.3) is 0 Å². The Bertz CT molecular complexity index is 1640. The number of allylic oxidation sites excluding steroid dienone is 17. The zero-order valence-corrected chi connectivity index (χ0v) is 49.1. The maximum absolute atomic E-state index is 13.5. The average Bonchev–Trinajstić information content (AvgIpc) is 3.36. The lowest BCUT2D eigenvalue weighted by Crippen LogP contribution is -2.47. The summed E-state index contributed by atoms with van der Waals surface area (Å²) in [6, 6.07) is -0.930. The summed E-state index contributed by atoms with van der Waals surface area (Å²) >= 11 is 0. The molecule has 0 saturated heterocycles. The second kappa shape index (κ2) is 53.1. The van der Waals surface area contributed by atoms with Gasteiger partial charge in [-0.15, -0.1) is 0 Å². The third kappa shape index (κ3) is 53.5. The first-order chi connectivity index (χ1) is 35.9. The number of ether oxygens (including phenoxy) is 1. The summed E-state index contributed by atoms with van der Waals surface area (Å²) in [5.74, 6) is -0.656. The van der Waals surface area contributed by atoms with Crippen molar-refractivity contribution in [2.75, 3.05) is 40.9 Å². The number of likely N-dealkylation sites (N-methyl/N-ethyl adjacent to an activating group) is 1. The Morgan fingerprint density at radius 1 is 0.486 bits per heavy atom. The Morgan fingerprint density at radius 2 is 0.878 bits per heavy atom. The first kappa shape index (κ1) is 70.7. The lowest BCUT2D eigenvalue weighted by atomic mass is 10.1. The topological polar surface area (TPSA) is 114 Å². The molecule has 424 valence electrons. The van der Waals surface area contributed by atoms with Gasteiger partial charge in [0.15, 0.2) is 0 Å². The Morgan fingerprint density at radius 3 is 1.32 bits per heavy atom. The molecule has 0 spiro atoms. The van der Waals surface area contributed by atoms with Crippen molar-refractivity contribution < 1.29 is 37.3 Å². The monoisotopic (exact) mass is 1050 g/mol. The molecule has 0 aromatic rings. The summed E-state index contributed by atoms with van der Waals surface area (Å²) < 4.78 is 30.2. The molecule has 1 amide bonds. The molecule has 9 nitrogen and oxygen atoms in total. The fourth-order valence-electron chi connectivity index (χ4n) is 7.87. The van der Waals surface area contributed by atoms with Gasteiger partial charge in [-0.3, -0.25) is 14.2 Å². The van der Waals surface area contributed by atoms with E-state index in [4.69, 9.17) is 13.8 Å². The molecule has 74 heavy (non-hydrogen) atoms. The van der Waals surface area contributed by atoms with E-state index in [1.54, 1.807) is 6.08 Å². The number of nitrogens with zero attached hydrogens (tertiary/aromatic N) is 1. The lowest BCUT2D eigenvalue weighted by Gasteiger charge is -2.30. The van der Waals surface area contributed by atoms with Gasteiger partial charge in [0.1, 0.15) is 19.3 Å². The summed E-state index contributed by atoms with van der Waals surface area (Å²) in [6.45, 7) is 6.64. The van der Waals surface area contributed by atoms with E-state index in [0.29, 0.717) is 23.9 Å². The van der Waals surface area contributed by atoms with E-state index >= 15 is 0 Å². The normalized spacial score (nSPS) is 14.5. The van der Waals surface area contributed by atoms with E-state index in [1.807, 2.05) is 33.3 Å². The molecule has 0 heterocycles. The van der Waals surface area contributed by atoms with Gasteiger partial charge in [0, 0.05) is 12.8 Å². The van der Waals surface area contributed by atoms with Crippen molar-refractivity contribution >= 4 is 19.7 Å². The Balaban J connectivity index is 5.37. The third-order valence-corrected chi connectivity index (χ3v) is 13.4. The Labute approximate surface area is 455 Å². The molecule has 0 rings (SSSR count). The van der Waals surface area contributed by atoms with E-state index in [1.165, 1.54) is 89.9 Å². The summed E-state index contributed by atoms with van der Waals surface area (Å²) in [6.07, 6.45) is 72.1. The number of esters is 1. The van der Waals surface area contributed by atoms with Crippen molar-refractivity contribution in [2.45, 2.75) is 245 Å². The van der Waals surface area contributed by atoms with Gasteiger partial charge < -0.3 is 28.5 Å². The highest BCUT2D eigenvalue weighted by molar-refractivity contribution is 7.45. The zero-order chi connectivity index (χ0) is 54.3. The minimum atomic E-state index is -4.72. The molecule has 3 atom stereocenters. The van der Waals surface area contributed by atoms with Crippen LogP contribution in [-0.4, -0.2) is 69.4 Å². The van der Waals surface area contributed by atoms with Crippen LogP contribution in [-0.2, 0) is 27.9 Å². The van der Waals surface area contributed by atoms with Crippen LogP contribution >= 0.6 is 7.82 Å². The second-order valence-corrected chi connectivity index (χ2v) is 22.2. The highest BCUT2D eigenvalue weighted by Crippen LogP contribution is 2.38. The van der Waals surface area contributed by atoms with Crippen molar-refractivity contribution in [2.24, 2.45) is 0 Å². The molecule has 0 aliphatic rings. The van der Waals surface area contributed by atoms with Gasteiger partial charge in [-0.2, -0.15) is 0 Å². The highest BCUT2D eigenvalue weighted by Gasteiger charge is 2.27. The second-order valence-electron chi connectivity index (χ2n) is 20.8. The molecule has 0 saturated carbocycles. The lowest BCUT2D eigenvalue weighted by molar-refractivity contribution is -0.870. The van der Waals surface area contributed by atoms with Gasteiger partial charge in [0.05, 0.1) is 33.8 Å². The molecular formula is C64H111N2O7P. The third-order valence-electron chi connectivity index (χ3n) is 12.5. The smallest absolute Gasteiger partial charge is 0.306 e. The molecule has 0 aromatic carbocycles. The standard InChI is InChI=1S/C64H111N2O7P/c1-7-10-13-16-19-22-25-28-29-30-31-32-33-34-35-36-37-39-41-44-47-50-53-56-63(67)65-61(60-72-74(69,70)71-59-58-66(4,5)6)62(55-52-49-46-43-40-27-24-21-18-15-12-9-3)73-64(68)57-54-51-48-45-42-38-26-23-20-17-14-11-8-2/h10,13,19,22,28-29,31-32,34-35,37-39,42,48,51-52,55,61-62H,7-9,11-12,14-18,20-21,23-27,30,33,36,40-41,43-47,49-50,53-54,56-60H2,1-6H3,(H-,65,67,69,70)/b13-10-,22-19-,29-28-,32-31-,35-34-,39-37-,42-38-,51-48+,55-52-. The molecular weight excluding hydrogens is 940 g/mol. The van der Waals surface area contributed by atoms with Crippen LogP contribution in [0.1, 0.15) is 233 Å². The van der Waals surface area contributed by atoms with Crippen LogP contribution < -0.4 is 10.2 Å². The van der Waals surface area contributed by atoms with E-state index in [9.17, 15) is 19.0 Å². The number of carbonyl (C=O) groups excluding carboxylic acids is 2. The first-order valence-electron chi connectivity index (χ1n) is 29.7. The fraction of sp³-hybridized carbons (Fsp3) is 0.688. The number of carbonyl (C=O) groups is 2. The summed E-state index contributed by atoms with van der Waals surface area (Å²) in [4.78, 5) is 39.8. The average molecular weight is 1050 g/mol. The van der Waals surface area contributed by atoms with Gasteiger partial charge >= 0.3 is 5.97 Å². The molecule has 0 bridgehead atoms. The van der Waals surface area contributed by atoms with Crippen LogP contribution in [0.4, 0.5) is 0 Å². The van der Waals surface area contributed by atoms with Crippen LogP contribution in [0, 0.1) is 0 Å². The minimum Gasteiger partial charge on any atom is -0.756 e. The largest absolute Gasteiger partial charge is 0.756 e. The summed E-state index contributed by atoms with van der Waals surface area (Å²) in [5.41, 5.74) is 0. The van der Waals surface area contributed by atoms with Crippen LogP contribution in [0.5, 0.6) is 0 Å². The van der Waals surface area contributed by atoms with Gasteiger partial charge in [-0.25, -0.2) is 0 Å². The summed E-state index contributed by atoms with van der Waals surface area (Å²) in [7, 11) is 1.13. The SMILES string of the molecule is CC/C=C\C/C=C\C/C=C\C/C=C\C/C=C\C/C=C\CCCCCCC(=O)NC(COP(=O)([O-])OCC[N+](C)(C)C)C(/C=C\CCCCCCCCCCCC)OC(=O)CC/C=C/C/C=C\CCCCCCCC. The summed E-state index contributed by atoms with van der Waals surface area (Å²) in [5, 5.41) is 2.99. The Hall–Kier alpha value is -3.33. The number of nitrogens with one attached hydrogen (secondary N) is 1. The predicted molar refractivity (Wildman–Crippen MR) is 316 cm³/mol. The van der Waals surface area contributed by atoms with Crippen molar-refractivity contribution in [1.29, 1.82) is 0 Å². The molecule has 1 N–H and O–H groups in total. The van der Waals surface area contributed by atoms with Crippen molar-refractivity contribution in [3.63, 3.8) is 0 Å². The minimum absolute atomic E-state index is 0.0407. The molecule has 0 radical (unpaired) electrons. The molecule has 10 heteroatoms. The molecule has 0 aliphatic carbocycles. The van der Waals surface area contributed by atoms with E-state index in [-0.39, 0.29) is 25.4 Å². The van der Waals surface area contributed by atoms with Crippen LogP contribution in [0.3, 0.4) is 0 Å². The fourth-order valence-corrected chi connectivity index (χ4v) is 8.59.